The molecule has 1 nitrogen and oxygen atoms in total. The molecular weight excluding hydrogens is 242 g/mol. The smallest absolute Gasteiger partial charge is 0.0595 e. The maximum Gasteiger partial charge on any atom is 0.0595 e. The van der Waals surface area contributed by atoms with Crippen molar-refractivity contribution < 1.29 is 0 Å². The lowest BCUT2D eigenvalue weighted by molar-refractivity contribution is 0.665. The third kappa shape index (κ3) is 2.12. The Kier molecular flexibility index (Phi) is 3.34. The molecule has 0 spiro atoms. The zero-order chi connectivity index (χ0) is 13.8. The molecule has 2 aromatic carbocycles. The second-order valence-electron chi connectivity index (χ2n) is 5.07. The quantitative estimate of drug-likeness (QED) is 0.677. The summed E-state index contributed by atoms with van der Waals surface area (Å²) in [7, 11) is 0. The lowest BCUT2D eigenvalue weighted by atomic mass is 9.73. The number of aromatic nitrogens is 1. The van der Waals surface area contributed by atoms with Gasteiger partial charge >= 0.3 is 0 Å². The molecule has 0 amide bonds. The fourth-order valence-corrected chi connectivity index (χ4v) is 2.66. The van der Waals surface area contributed by atoms with Gasteiger partial charge in [0, 0.05) is 6.20 Å². The maximum atomic E-state index is 4.60. The fourth-order valence-electron chi connectivity index (χ4n) is 2.66. The van der Waals surface area contributed by atoms with Gasteiger partial charge < -0.3 is 0 Å². The first-order chi connectivity index (χ1) is 9.82. The Morgan fingerprint density at radius 3 is 1.60 bits per heavy atom. The van der Waals surface area contributed by atoms with E-state index in [1.807, 2.05) is 30.5 Å². The number of benzene rings is 2. The predicted molar refractivity (Wildman–Crippen MR) is 82.7 cm³/mol. The molecule has 0 aliphatic rings. The van der Waals surface area contributed by atoms with Gasteiger partial charge in [-0.2, -0.15) is 0 Å². The summed E-state index contributed by atoms with van der Waals surface area (Å²) in [5.74, 6) is 0. The van der Waals surface area contributed by atoms with Crippen molar-refractivity contribution in [2.45, 2.75) is 12.3 Å². The monoisotopic (exact) mass is 259 g/mol. The van der Waals surface area contributed by atoms with Crippen LogP contribution in [-0.4, -0.2) is 4.98 Å². The van der Waals surface area contributed by atoms with Gasteiger partial charge in [-0.1, -0.05) is 66.7 Å². The van der Waals surface area contributed by atoms with Crippen molar-refractivity contribution in [3.8, 4) is 0 Å². The Bertz CT molecular complexity index is 563. The van der Waals surface area contributed by atoms with Gasteiger partial charge in [0.2, 0.25) is 0 Å². The molecule has 0 N–H and O–H groups in total. The van der Waals surface area contributed by atoms with Gasteiger partial charge in [0.05, 0.1) is 11.1 Å². The highest BCUT2D eigenvalue weighted by Crippen LogP contribution is 2.37. The summed E-state index contributed by atoms with van der Waals surface area (Å²) in [6.45, 7) is 2.24. The van der Waals surface area contributed by atoms with Crippen molar-refractivity contribution in [3.63, 3.8) is 0 Å². The molecule has 0 unspecified atom stereocenters. The molecule has 3 rings (SSSR count). The summed E-state index contributed by atoms with van der Waals surface area (Å²) >= 11 is 0. The van der Waals surface area contributed by atoms with E-state index in [0.29, 0.717) is 0 Å². The molecule has 3 aromatic rings. The summed E-state index contributed by atoms with van der Waals surface area (Å²) in [6, 6.07) is 27.2. The SMILES string of the molecule is CC(c1ccccc1)(c1ccccc1)c1ccccn1. The van der Waals surface area contributed by atoms with E-state index in [4.69, 9.17) is 0 Å². The zero-order valence-corrected chi connectivity index (χ0v) is 11.5. The van der Waals surface area contributed by atoms with E-state index < -0.39 is 0 Å². The Hall–Kier alpha value is -2.41. The predicted octanol–water partition coefficient (Wildman–Crippen LogP) is 4.44. The molecule has 98 valence electrons. The first kappa shape index (κ1) is 12.6. The zero-order valence-electron chi connectivity index (χ0n) is 11.5. The van der Waals surface area contributed by atoms with Crippen LogP contribution >= 0.6 is 0 Å². The molecular formula is C19H17N. The van der Waals surface area contributed by atoms with Crippen LogP contribution in [0.2, 0.25) is 0 Å². The van der Waals surface area contributed by atoms with Crippen molar-refractivity contribution in [2.24, 2.45) is 0 Å². The minimum Gasteiger partial charge on any atom is -0.260 e. The van der Waals surface area contributed by atoms with Crippen LogP contribution in [0.25, 0.3) is 0 Å². The molecule has 0 bridgehead atoms. The third-order valence-electron chi connectivity index (χ3n) is 3.88. The molecule has 0 radical (unpaired) electrons. The van der Waals surface area contributed by atoms with E-state index in [1.54, 1.807) is 0 Å². The van der Waals surface area contributed by atoms with Crippen molar-refractivity contribution in [1.82, 2.24) is 4.98 Å². The normalized spacial score (nSPS) is 11.2. The topological polar surface area (TPSA) is 12.9 Å². The van der Waals surface area contributed by atoms with Crippen molar-refractivity contribution >= 4 is 0 Å². The molecule has 0 aliphatic carbocycles. The molecule has 1 aromatic heterocycles. The van der Waals surface area contributed by atoms with E-state index in [9.17, 15) is 0 Å². The Balaban J connectivity index is 2.24. The summed E-state index contributed by atoms with van der Waals surface area (Å²) in [6.07, 6.45) is 1.86. The van der Waals surface area contributed by atoms with Crippen LogP contribution in [0.5, 0.6) is 0 Å². The van der Waals surface area contributed by atoms with Crippen LogP contribution < -0.4 is 0 Å². The molecule has 0 fully saturated rings. The molecule has 20 heavy (non-hydrogen) atoms. The summed E-state index contributed by atoms with van der Waals surface area (Å²) in [5.41, 5.74) is 3.34. The maximum absolute atomic E-state index is 4.60. The molecule has 0 aliphatic heterocycles. The lowest BCUT2D eigenvalue weighted by Crippen LogP contribution is -2.26. The van der Waals surface area contributed by atoms with Crippen LogP contribution in [0.15, 0.2) is 85.1 Å². The number of pyridine rings is 1. The fraction of sp³-hybridized carbons (Fsp3) is 0.105. The number of hydrogen-bond donors (Lipinski definition) is 0. The molecule has 1 heteroatoms. The van der Waals surface area contributed by atoms with Crippen molar-refractivity contribution in [2.75, 3.05) is 0 Å². The van der Waals surface area contributed by atoms with Gasteiger partial charge in [0.15, 0.2) is 0 Å². The average Bonchev–Trinajstić information content (AvgIpc) is 2.56. The highest BCUT2D eigenvalue weighted by Gasteiger charge is 2.31. The van der Waals surface area contributed by atoms with Gasteiger partial charge in [-0.25, -0.2) is 0 Å². The second-order valence-corrected chi connectivity index (χ2v) is 5.07. The minimum atomic E-state index is -0.232. The van der Waals surface area contributed by atoms with Gasteiger partial charge in [-0.3, -0.25) is 4.98 Å². The second kappa shape index (κ2) is 5.30. The van der Waals surface area contributed by atoms with Crippen LogP contribution in [0.4, 0.5) is 0 Å². The molecule has 0 saturated carbocycles. The first-order valence-corrected chi connectivity index (χ1v) is 6.84. The van der Waals surface area contributed by atoms with E-state index in [0.717, 1.165) is 5.69 Å². The number of rotatable bonds is 3. The molecule has 1 heterocycles. The van der Waals surface area contributed by atoms with Crippen LogP contribution in [0.1, 0.15) is 23.7 Å². The number of nitrogens with zero attached hydrogens (tertiary/aromatic N) is 1. The van der Waals surface area contributed by atoms with Gasteiger partial charge in [-0.05, 0) is 30.2 Å². The Morgan fingerprint density at radius 2 is 1.15 bits per heavy atom. The first-order valence-electron chi connectivity index (χ1n) is 6.84. The summed E-state index contributed by atoms with van der Waals surface area (Å²) < 4.78 is 0. The van der Waals surface area contributed by atoms with Crippen molar-refractivity contribution in [1.29, 1.82) is 0 Å². The van der Waals surface area contributed by atoms with Crippen LogP contribution in [0.3, 0.4) is 0 Å². The average molecular weight is 259 g/mol. The molecule has 0 saturated heterocycles. The highest BCUT2D eigenvalue weighted by molar-refractivity contribution is 5.46. The van der Waals surface area contributed by atoms with Gasteiger partial charge in [0.25, 0.3) is 0 Å². The van der Waals surface area contributed by atoms with Crippen LogP contribution in [0, 0.1) is 0 Å². The van der Waals surface area contributed by atoms with E-state index in [-0.39, 0.29) is 5.41 Å². The lowest BCUT2D eigenvalue weighted by Gasteiger charge is -2.30. The van der Waals surface area contributed by atoms with Gasteiger partial charge in [-0.15, -0.1) is 0 Å². The van der Waals surface area contributed by atoms with E-state index in [2.05, 4.69) is 66.5 Å². The summed E-state index contributed by atoms with van der Waals surface area (Å²) in [4.78, 5) is 4.60. The Labute approximate surface area is 119 Å². The minimum absolute atomic E-state index is 0.232. The van der Waals surface area contributed by atoms with Crippen molar-refractivity contribution in [3.05, 3.63) is 102 Å². The largest absolute Gasteiger partial charge is 0.260 e. The standard InChI is InChI=1S/C19H17N/c1-19(16-10-4-2-5-11-16,17-12-6-3-7-13-17)18-14-8-9-15-20-18/h2-15H,1H3. The Morgan fingerprint density at radius 1 is 0.650 bits per heavy atom. The van der Waals surface area contributed by atoms with Gasteiger partial charge in [0.1, 0.15) is 0 Å². The molecule has 0 atom stereocenters. The number of hydrogen-bond acceptors (Lipinski definition) is 1. The third-order valence-corrected chi connectivity index (χ3v) is 3.88. The van der Waals surface area contributed by atoms with Crippen LogP contribution in [-0.2, 0) is 5.41 Å². The van der Waals surface area contributed by atoms with E-state index in [1.165, 1.54) is 11.1 Å². The highest BCUT2D eigenvalue weighted by atomic mass is 14.7. The van der Waals surface area contributed by atoms with E-state index >= 15 is 0 Å². The summed E-state index contributed by atoms with van der Waals surface area (Å²) in [5, 5.41) is 0.